The molecule has 5 heteroatoms. The highest BCUT2D eigenvalue weighted by molar-refractivity contribution is 5.90. The van der Waals surface area contributed by atoms with Crippen LogP contribution in [0.3, 0.4) is 0 Å². The first kappa shape index (κ1) is 19.8. The molecular formula is C26H25NO4. The lowest BCUT2D eigenvalue weighted by Gasteiger charge is -2.54. The van der Waals surface area contributed by atoms with Gasteiger partial charge in [0.2, 0.25) is 0 Å². The van der Waals surface area contributed by atoms with Gasteiger partial charge in [-0.2, -0.15) is 0 Å². The fraction of sp³-hybridized carbons (Fsp3) is 0.269. The number of β-lactam (4-membered cyclic amide) rings is 1. The Morgan fingerprint density at radius 3 is 2.19 bits per heavy atom. The maximum atomic E-state index is 13.0. The number of rotatable bonds is 6. The molecule has 0 spiro atoms. The fourth-order valence-electron chi connectivity index (χ4n) is 4.56. The van der Waals surface area contributed by atoms with Crippen LogP contribution in [0.25, 0.3) is 0 Å². The molecule has 158 valence electrons. The second kappa shape index (κ2) is 8.53. The second-order valence-corrected chi connectivity index (χ2v) is 7.99. The molecule has 3 aromatic rings. The van der Waals surface area contributed by atoms with Crippen LogP contribution in [0.2, 0.25) is 0 Å². The van der Waals surface area contributed by atoms with E-state index in [-0.39, 0.29) is 23.8 Å². The predicted molar refractivity (Wildman–Crippen MR) is 116 cm³/mol. The van der Waals surface area contributed by atoms with Crippen molar-refractivity contribution in [3.05, 3.63) is 102 Å². The van der Waals surface area contributed by atoms with Gasteiger partial charge in [-0.15, -0.1) is 0 Å². The number of methoxy groups -OCH3 is 1. The number of amides is 1. The molecule has 0 bridgehead atoms. The van der Waals surface area contributed by atoms with E-state index >= 15 is 0 Å². The van der Waals surface area contributed by atoms with Crippen LogP contribution in [0.5, 0.6) is 5.75 Å². The first-order valence-electron chi connectivity index (χ1n) is 10.6. The van der Waals surface area contributed by atoms with Gasteiger partial charge in [-0.05, 0) is 28.8 Å². The Hall–Kier alpha value is -3.15. The highest BCUT2D eigenvalue weighted by atomic mass is 16.8. The third kappa shape index (κ3) is 3.82. The van der Waals surface area contributed by atoms with E-state index in [1.165, 1.54) is 10.6 Å². The van der Waals surface area contributed by atoms with Crippen LogP contribution in [0.15, 0.2) is 84.9 Å². The summed E-state index contributed by atoms with van der Waals surface area (Å²) < 4.78 is 11.3. The lowest BCUT2D eigenvalue weighted by molar-refractivity contribution is -0.336. The zero-order chi connectivity index (χ0) is 21.2. The third-order valence-electron chi connectivity index (χ3n) is 6.17. The smallest absolute Gasteiger partial charge is 0.256 e. The number of hydroxylamine groups is 2. The molecule has 4 atom stereocenters. The van der Waals surface area contributed by atoms with Gasteiger partial charge in [-0.25, -0.2) is 9.90 Å². The molecule has 3 aromatic carbocycles. The van der Waals surface area contributed by atoms with Crippen molar-refractivity contribution in [2.24, 2.45) is 0 Å². The number of fused-ring (bicyclic) bond motifs is 1. The third-order valence-corrected chi connectivity index (χ3v) is 6.17. The highest BCUT2D eigenvalue weighted by Gasteiger charge is 2.57. The number of benzene rings is 3. The number of hydrogen-bond acceptors (Lipinski definition) is 4. The molecule has 0 N–H and O–H groups in total. The van der Waals surface area contributed by atoms with Crippen LogP contribution in [0.1, 0.15) is 34.9 Å². The van der Waals surface area contributed by atoms with Crippen LogP contribution < -0.4 is 4.74 Å². The van der Waals surface area contributed by atoms with E-state index < -0.39 is 6.29 Å². The average molecular weight is 415 g/mol. The van der Waals surface area contributed by atoms with Crippen molar-refractivity contribution in [3.8, 4) is 5.75 Å². The van der Waals surface area contributed by atoms with E-state index in [4.69, 9.17) is 14.3 Å². The van der Waals surface area contributed by atoms with Gasteiger partial charge < -0.3 is 9.47 Å². The standard InChI is InChI=1S/C26H25NO4/c1-29-21-14-12-18(13-15-21)17-30-23-16-22(19-8-4-2-5-9-19)25-24(26(28)27(25)31-23)20-10-6-3-7-11-20/h2-15,22-25H,16-17H2,1H3/t22-,23+,24+,25+/m0/s1. The molecule has 2 aliphatic heterocycles. The zero-order valence-electron chi connectivity index (χ0n) is 17.4. The summed E-state index contributed by atoms with van der Waals surface area (Å²) in [6, 6.07) is 28.1. The number of nitrogens with zero attached hydrogens (tertiary/aromatic N) is 1. The zero-order valence-corrected chi connectivity index (χ0v) is 17.4. The highest BCUT2D eigenvalue weighted by Crippen LogP contribution is 2.49. The first-order chi connectivity index (χ1) is 15.2. The van der Waals surface area contributed by atoms with Crippen molar-refractivity contribution >= 4 is 5.91 Å². The summed E-state index contributed by atoms with van der Waals surface area (Å²) in [5.74, 6) is 0.755. The van der Waals surface area contributed by atoms with Crippen LogP contribution in [0.4, 0.5) is 0 Å². The maximum Gasteiger partial charge on any atom is 0.256 e. The molecule has 0 aromatic heterocycles. The molecule has 1 amide bonds. The summed E-state index contributed by atoms with van der Waals surface area (Å²) in [5, 5.41) is 1.54. The van der Waals surface area contributed by atoms with E-state index in [1.54, 1.807) is 7.11 Å². The monoisotopic (exact) mass is 415 g/mol. The van der Waals surface area contributed by atoms with Gasteiger partial charge in [0.05, 0.1) is 25.7 Å². The number of carbonyl (C=O) groups is 1. The SMILES string of the molecule is COc1ccc(CO[C@H]2C[C@@H](c3ccccc3)[C@@H]3[C@@H](c4ccccc4)C(=O)N3O2)cc1. The van der Waals surface area contributed by atoms with Crippen molar-refractivity contribution in [2.75, 3.05) is 7.11 Å². The van der Waals surface area contributed by atoms with Crippen LogP contribution in [-0.4, -0.2) is 30.4 Å². The molecular weight excluding hydrogens is 390 g/mol. The second-order valence-electron chi connectivity index (χ2n) is 7.99. The van der Waals surface area contributed by atoms with Gasteiger partial charge in [-0.3, -0.25) is 4.79 Å². The Kier molecular flexibility index (Phi) is 5.45. The fourth-order valence-corrected chi connectivity index (χ4v) is 4.56. The van der Waals surface area contributed by atoms with E-state index in [1.807, 2.05) is 72.8 Å². The molecule has 0 saturated carbocycles. The molecule has 0 aliphatic carbocycles. The summed E-state index contributed by atoms with van der Waals surface area (Å²) >= 11 is 0. The quantitative estimate of drug-likeness (QED) is 0.550. The van der Waals surface area contributed by atoms with Crippen molar-refractivity contribution < 1.29 is 19.1 Å². The Morgan fingerprint density at radius 1 is 0.903 bits per heavy atom. The average Bonchev–Trinajstić information content (AvgIpc) is 2.84. The lowest BCUT2D eigenvalue weighted by atomic mass is 9.72. The van der Waals surface area contributed by atoms with Gasteiger partial charge in [0.1, 0.15) is 5.75 Å². The van der Waals surface area contributed by atoms with E-state index in [0.717, 1.165) is 16.9 Å². The number of carbonyl (C=O) groups excluding carboxylic acids is 1. The minimum Gasteiger partial charge on any atom is -0.497 e. The van der Waals surface area contributed by atoms with E-state index in [2.05, 4.69) is 12.1 Å². The molecule has 5 rings (SSSR count). The summed E-state index contributed by atoms with van der Waals surface area (Å²) in [6.07, 6.45) is 0.210. The topological polar surface area (TPSA) is 48.0 Å². The van der Waals surface area contributed by atoms with Crippen molar-refractivity contribution in [1.82, 2.24) is 5.06 Å². The Labute approximate surface area is 182 Å². The Balaban J connectivity index is 1.35. The van der Waals surface area contributed by atoms with Gasteiger partial charge in [-0.1, -0.05) is 72.8 Å². The van der Waals surface area contributed by atoms with Crippen molar-refractivity contribution in [3.63, 3.8) is 0 Å². The first-order valence-corrected chi connectivity index (χ1v) is 10.6. The van der Waals surface area contributed by atoms with Crippen molar-refractivity contribution in [2.45, 2.75) is 37.2 Å². The molecule has 0 radical (unpaired) electrons. The normalized spacial score (nSPS) is 24.9. The van der Waals surface area contributed by atoms with Crippen LogP contribution >= 0.6 is 0 Å². The summed E-state index contributed by atoms with van der Waals surface area (Å²) in [7, 11) is 1.65. The molecule has 0 unspecified atom stereocenters. The summed E-state index contributed by atoms with van der Waals surface area (Å²) in [4.78, 5) is 19.0. The number of ether oxygens (including phenoxy) is 2. The molecule has 2 fully saturated rings. The molecule has 2 heterocycles. The summed E-state index contributed by atoms with van der Waals surface area (Å²) in [6.45, 7) is 0.408. The minimum absolute atomic E-state index is 0.00474. The van der Waals surface area contributed by atoms with Gasteiger partial charge in [0.15, 0.2) is 6.29 Å². The molecule has 2 saturated heterocycles. The number of hydrogen-bond donors (Lipinski definition) is 0. The minimum atomic E-state index is -0.482. The van der Waals surface area contributed by atoms with Gasteiger partial charge in [0, 0.05) is 12.3 Å². The molecule has 31 heavy (non-hydrogen) atoms. The molecule has 2 aliphatic rings. The van der Waals surface area contributed by atoms with Gasteiger partial charge in [0.25, 0.3) is 5.91 Å². The van der Waals surface area contributed by atoms with Crippen LogP contribution in [0, 0.1) is 0 Å². The molecule has 5 nitrogen and oxygen atoms in total. The van der Waals surface area contributed by atoms with Crippen LogP contribution in [-0.2, 0) is 21.0 Å². The van der Waals surface area contributed by atoms with Gasteiger partial charge >= 0.3 is 0 Å². The predicted octanol–water partition coefficient (Wildman–Crippen LogP) is 4.65. The largest absolute Gasteiger partial charge is 0.497 e. The van der Waals surface area contributed by atoms with E-state index in [9.17, 15) is 4.79 Å². The maximum absolute atomic E-state index is 13.0. The Bertz CT molecular complexity index is 1020. The lowest BCUT2D eigenvalue weighted by Crippen LogP contribution is -2.65. The Morgan fingerprint density at radius 2 is 1.55 bits per heavy atom. The van der Waals surface area contributed by atoms with Crippen molar-refractivity contribution in [1.29, 1.82) is 0 Å². The van der Waals surface area contributed by atoms with E-state index in [0.29, 0.717) is 13.0 Å². The summed E-state index contributed by atoms with van der Waals surface area (Å²) in [5.41, 5.74) is 3.27.